The van der Waals surface area contributed by atoms with Crippen molar-refractivity contribution in [1.29, 1.82) is 0 Å². The second-order valence-corrected chi connectivity index (χ2v) is 3.94. The number of alkyl halides is 2. The molecule has 2 atom stereocenters. The first-order chi connectivity index (χ1) is 7.39. The molecule has 1 aliphatic carbocycles. The number of carbonyl (C=O) groups is 2. The summed E-state index contributed by atoms with van der Waals surface area (Å²) >= 11 is 0. The molecule has 92 valence electrons. The highest BCUT2D eigenvalue weighted by Gasteiger charge is 2.46. The van der Waals surface area contributed by atoms with Gasteiger partial charge >= 0.3 is 11.9 Å². The normalized spacial score (nSPS) is 28.2. The lowest BCUT2D eigenvalue weighted by molar-refractivity contribution is -0.163. The third kappa shape index (κ3) is 2.90. The summed E-state index contributed by atoms with van der Waals surface area (Å²) in [6.45, 7) is 0. The Morgan fingerprint density at radius 3 is 1.75 bits per heavy atom. The van der Waals surface area contributed by atoms with Gasteiger partial charge in [-0.3, -0.25) is 9.59 Å². The first kappa shape index (κ1) is 12.9. The number of hydrogen-bond donors (Lipinski definition) is 0. The summed E-state index contributed by atoms with van der Waals surface area (Å²) in [4.78, 5) is 22.4. The molecule has 0 aromatic rings. The Morgan fingerprint density at radius 1 is 1.06 bits per heavy atom. The monoisotopic (exact) mass is 236 g/mol. The molecule has 1 fully saturated rings. The Balaban J connectivity index is 2.77. The van der Waals surface area contributed by atoms with E-state index in [-0.39, 0.29) is 6.42 Å². The average molecular weight is 236 g/mol. The third-order valence-electron chi connectivity index (χ3n) is 2.73. The summed E-state index contributed by atoms with van der Waals surface area (Å²) in [5.74, 6) is -6.28. The molecule has 0 aromatic carbocycles. The first-order valence-corrected chi connectivity index (χ1v) is 4.93. The Kier molecular flexibility index (Phi) is 3.83. The van der Waals surface area contributed by atoms with Gasteiger partial charge in [0.05, 0.1) is 26.1 Å². The number of rotatable bonds is 2. The second-order valence-electron chi connectivity index (χ2n) is 3.94. The van der Waals surface area contributed by atoms with Gasteiger partial charge in [0, 0.05) is 12.8 Å². The third-order valence-corrected chi connectivity index (χ3v) is 2.73. The molecule has 0 aromatic heterocycles. The summed E-state index contributed by atoms with van der Waals surface area (Å²) in [6.07, 6.45) is -1.06. The van der Waals surface area contributed by atoms with E-state index in [2.05, 4.69) is 9.47 Å². The van der Waals surface area contributed by atoms with Crippen molar-refractivity contribution < 1.29 is 27.8 Å². The van der Waals surface area contributed by atoms with Crippen molar-refractivity contribution in [2.24, 2.45) is 11.8 Å². The van der Waals surface area contributed by atoms with E-state index in [0.717, 1.165) is 14.2 Å². The fourth-order valence-corrected chi connectivity index (χ4v) is 2.01. The highest BCUT2D eigenvalue weighted by Crippen LogP contribution is 2.40. The minimum absolute atomic E-state index is 0.0644. The van der Waals surface area contributed by atoms with Gasteiger partial charge in [0.1, 0.15) is 0 Å². The predicted molar refractivity (Wildman–Crippen MR) is 49.8 cm³/mol. The van der Waals surface area contributed by atoms with E-state index in [1.807, 2.05) is 0 Å². The highest BCUT2D eigenvalue weighted by molar-refractivity contribution is 5.76. The van der Waals surface area contributed by atoms with Gasteiger partial charge in [0.25, 0.3) is 0 Å². The van der Waals surface area contributed by atoms with Gasteiger partial charge in [-0.05, 0) is 6.42 Å². The summed E-state index contributed by atoms with van der Waals surface area (Å²) in [5.41, 5.74) is 0. The molecule has 1 aliphatic rings. The fraction of sp³-hybridized carbons (Fsp3) is 0.800. The zero-order valence-electron chi connectivity index (χ0n) is 9.16. The largest absolute Gasteiger partial charge is 0.469 e. The van der Waals surface area contributed by atoms with E-state index < -0.39 is 42.5 Å². The molecule has 0 radical (unpaired) electrons. The van der Waals surface area contributed by atoms with Crippen LogP contribution in [0.3, 0.4) is 0 Å². The van der Waals surface area contributed by atoms with E-state index in [1.54, 1.807) is 0 Å². The summed E-state index contributed by atoms with van der Waals surface area (Å²) in [5, 5.41) is 0. The van der Waals surface area contributed by atoms with Crippen LogP contribution in [0.25, 0.3) is 0 Å². The lowest BCUT2D eigenvalue weighted by Crippen LogP contribution is -2.39. The van der Waals surface area contributed by atoms with Gasteiger partial charge in [-0.2, -0.15) is 0 Å². The molecule has 4 nitrogen and oxygen atoms in total. The van der Waals surface area contributed by atoms with Crippen molar-refractivity contribution in [3.8, 4) is 0 Å². The molecule has 0 aliphatic heterocycles. The zero-order chi connectivity index (χ0) is 12.3. The van der Waals surface area contributed by atoms with Crippen LogP contribution in [0.2, 0.25) is 0 Å². The number of ether oxygens (including phenoxy) is 2. The first-order valence-electron chi connectivity index (χ1n) is 4.93. The smallest absolute Gasteiger partial charge is 0.308 e. The molecule has 1 saturated carbocycles. The van der Waals surface area contributed by atoms with E-state index in [9.17, 15) is 18.4 Å². The van der Waals surface area contributed by atoms with Gasteiger partial charge in [0.2, 0.25) is 5.92 Å². The standard InChI is InChI=1S/C10H14F2O4/c1-15-8(13)6-3-7(9(14)16-2)5-10(11,12)4-6/h6-7H,3-5H2,1-2H3/t6-,7+. The van der Waals surface area contributed by atoms with Crippen LogP contribution in [-0.4, -0.2) is 32.1 Å². The van der Waals surface area contributed by atoms with E-state index in [4.69, 9.17) is 0 Å². The van der Waals surface area contributed by atoms with Gasteiger partial charge in [0.15, 0.2) is 0 Å². The van der Waals surface area contributed by atoms with Crippen LogP contribution in [0.1, 0.15) is 19.3 Å². The number of carbonyl (C=O) groups excluding carboxylic acids is 2. The van der Waals surface area contributed by atoms with Crippen LogP contribution in [0.4, 0.5) is 8.78 Å². The van der Waals surface area contributed by atoms with Crippen LogP contribution < -0.4 is 0 Å². The number of hydrogen-bond acceptors (Lipinski definition) is 4. The molecule has 0 bridgehead atoms. The summed E-state index contributed by atoms with van der Waals surface area (Å²) in [6, 6.07) is 0. The Labute approximate surface area is 91.9 Å². The van der Waals surface area contributed by atoms with Crippen LogP contribution in [0.15, 0.2) is 0 Å². The minimum atomic E-state index is -3.02. The predicted octanol–water partition coefficient (Wildman–Crippen LogP) is 1.38. The SMILES string of the molecule is COC(=O)[C@@H]1C[C@H](C(=O)OC)CC(F)(F)C1. The summed E-state index contributed by atoms with van der Waals surface area (Å²) in [7, 11) is 2.28. The van der Waals surface area contributed by atoms with Crippen molar-refractivity contribution >= 4 is 11.9 Å². The molecule has 1 rings (SSSR count). The van der Waals surface area contributed by atoms with Gasteiger partial charge in [-0.15, -0.1) is 0 Å². The highest BCUT2D eigenvalue weighted by atomic mass is 19.3. The molecule has 0 saturated heterocycles. The number of esters is 2. The molecule has 16 heavy (non-hydrogen) atoms. The Bertz CT molecular complexity index is 265. The molecule has 6 heteroatoms. The topological polar surface area (TPSA) is 52.6 Å². The molecule has 0 N–H and O–H groups in total. The molecule has 0 amide bonds. The molecule has 0 heterocycles. The Morgan fingerprint density at radius 2 is 1.44 bits per heavy atom. The maximum absolute atomic E-state index is 13.3. The maximum atomic E-state index is 13.3. The van der Waals surface area contributed by atoms with Crippen LogP contribution in [0, 0.1) is 11.8 Å². The average Bonchev–Trinajstić information content (AvgIpc) is 2.24. The maximum Gasteiger partial charge on any atom is 0.308 e. The molecule has 0 unspecified atom stereocenters. The van der Waals surface area contributed by atoms with Gasteiger partial charge in [-0.1, -0.05) is 0 Å². The zero-order valence-corrected chi connectivity index (χ0v) is 9.16. The van der Waals surface area contributed by atoms with E-state index >= 15 is 0 Å². The van der Waals surface area contributed by atoms with Crippen molar-refractivity contribution in [3.05, 3.63) is 0 Å². The number of halogens is 2. The van der Waals surface area contributed by atoms with Crippen molar-refractivity contribution in [2.75, 3.05) is 14.2 Å². The molecular weight excluding hydrogens is 222 g/mol. The van der Waals surface area contributed by atoms with Crippen molar-refractivity contribution in [2.45, 2.75) is 25.2 Å². The van der Waals surface area contributed by atoms with Crippen LogP contribution >= 0.6 is 0 Å². The minimum Gasteiger partial charge on any atom is -0.469 e. The van der Waals surface area contributed by atoms with E-state index in [1.165, 1.54) is 0 Å². The molecule has 0 spiro atoms. The van der Waals surface area contributed by atoms with E-state index in [0.29, 0.717) is 0 Å². The second kappa shape index (κ2) is 4.76. The Hall–Kier alpha value is -1.20. The molecular formula is C10H14F2O4. The summed E-state index contributed by atoms with van der Waals surface area (Å²) < 4.78 is 35.4. The fourth-order valence-electron chi connectivity index (χ4n) is 2.01. The quantitative estimate of drug-likeness (QED) is 0.680. The lowest BCUT2D eigenvalue weighted by Gasteiger charge is -2.31. The number of methoxy groups -OCH3 is 2. The lowest BCUT2D eigenvalue weighted by atomic mass is 9.79. The van der Waals surface area contributed by atoms with Crippen LogP contribution in [-0.2, 0) is 19.1 Å². The van der Waals surface area contributed by atoms with Crippen molar-refractivity contribution in [1.82, 2.24) is 0 Å². The van der Waals surface area contributed by atoms with Crippen molar-refractivity contribution in [3.63, 3.8) is 0 Å². The van der Waals surface area contributed by atoms with Crippen LogP contribution in [0.5, 0.6) is 0 Å². The van der Waals surface area contributed by atoms with Gasteiger partial charge < -0.3 is 9.47 Å². The van der Waals surface area contributed by atoms with Gasteiger partial charge in [-0.25, -0.2) is 8.78 Å².